The van der Waals surface area contributed by atoms with Crippen LogP contribution < -0.4 is 16.2 Å². The molecule has 0 saturated heterocycles. The largest absolute Gasteiger partial charge is 0.355 e. The molecule has 1 N–H and O–H groups in total. The van der Waals surface area contributed by atoms with E-state index in [-0.39, 0.29) is 10.8 Å². The first-order chi connectivity index (χ1) is 28.4. The lowest BCUT2D eigenvalue weighted by Gasteiger charge is -2.28. The maximum atomic E-state index is 4.62. The van der Waals surface area contributed by atoms with Crippen LogP contribution in [0.4, 0.5) is 11.4 Å². The summed E-state index contributed by atoms with van der Waals surface area (Å²) >= 11 is 3.76. The van der Waals surface area contributed by atoms with Crippen LogP contribution in [0.25, 0.3) is 69.3 Å². The van der Waals surface area contributed by atoms with Gasteiger partial charge in [-0.15, -0.1) is 11.3 Å². The lowest BCUT2D eigenvalue weighted by atomic mass is 9.58. The van der Waals surface area contributed by atoms with Crippen LogP contribution in [0.1, 0.15) is 63.8 Å². The molecule has 0 atom stereocenters. The number of rotatable bonds is 4. The lowest BCUT2D eigenvalue weighted by Crippen LogP contribution is -2.37. The summed E-state index contributed by atoms with van der Waals surface area (Å²) in [5.41, 5.74) is 17.5. The average molecular weight is 797 g/mol. The summed E-state index contributed by atoms with van der Waals surface area (Å²) in [7, 11) is 0.829. The van der Waals surface area contributed by atoms with E-state index < -0.39 is 0 Å². The molecule has 5 heteroatoms. The SMILES string of the molecule is C=C1C=C(c2ccccc2)Sc2cc3c(cc21)Bc1c(-c2cc(C(C)(C)C)ccc2Nc2ccc(C(C)(C)C)cc2)ccc2c4cc5sc6ccccc6c5cc4n-3c12. The van der Waals surface area contributed by atoms with Crippen LogP contribution in [0.3, 0.4) is 0 Å². The molecular formula is C54H45BN2S2. The van der Waals surface area contributed by atoms with Gasteiger partial charge in [0.15, 0.2) is 7.28 Å². The van der Waals surface area contributed by atoms with Crippen LogP contribution >= 0.6 is 23.1 Å². The Morgan fingerprint density at radius 3 is 2.14 bits per heavy atom. The lowest BCUT2D eigenvalue weighted by molar-refractivity contribution is 0.590. The monoisotopic (exact) mass is 796 g/mol. The quantitative estimate of drug-likeness (QED) is 0.179. The smallest absolute Gasteiger partial charge is 0.198 e. The number of thiophene rings is 1. The van der Waals surface area contributed by atoms with Gasteiger partial charge in [-0.3, -0.25) is 0 Å². The van der Waals surface area contributed by atoms with Crippen LogP contribution in [-0.2, 0) is 10.8 Å². The summed E-state index contributed by atoms with van der Waals surface area (Å²) in [5.74, 6) is 0. The van der Waals surface area contributed by atoms with Crippen molar-refractivity contribution in [1.82, 2.24) is 4.57 Å². The van der Waals surface area contributed by atoms with Gasteiger partial charge in [0.1, 0.15) is 0 Å². The van der Waals surface area contributed by atoms with Crippen LogP contribution in [0.2, 0.25) is 0 Å². The number of hydrogen-bond donors (Lipinski definition) is 1. The van der Waals surface area contributed by atoms with E-state index in [1.54, 1.807) is 0 Å². The molecule has 0 bridgehead atoms. The summed E-state index contributed by atoms with van der Waals surface area (Å²) in [5, 5.41) is 9.14. The van der Waals surface area contributed by atoms with Gasteiger partial charge in [0.05, 0.1) is 5.52 Å². The van der Waals surface area contributed by atoms with Crippen molar-refractivity contribution in [2.75, 3.05) is 5.32 Å². The molecule has 59 heavy (non-hydrogen) atoms. The first-order valence-corrected chi connectivity index (χ1v) is 22.3. The molecular weight excluding hydrogens is 752 g/mol. The Hall–Kier alpha value is -5.75. The first kappa shape index (κ1) is 36.3. The Morgan fingerprint density at radius 2 is 1.36 bits per heavy atom. The van der Waals surface area contributed by atoms with Crippen molar-refractivity contribution < 1.29 is 0 Å². The highest BCUT2D eigenvalue weighted by molar-refractivity contribution is 8.08. The van der Waals surface area contributed by atoms with E-state index in [0.717, 1.165) is 24.2 Å². The molecule has 7 aromatic carbocycles. The number of anilines is 2. The third kappa shape index (κ3) is 5.92. The second kappa shape index (κ2) is 13.1. The number of benzene rings is 7. The predicted molar refractivity (Wildman–Crippen MR) is 262 cm³/mol. The Bertz CT molecular complexity index is 3260. The minimum absolute atomic E-state index is 0.0117. The number of allylic oxidation sites excluding steroid dienone is 2. The van der Waals surface area contributed by atoms with E-state index >= 15 is 0 Å². The van der Waals surface area contributed by atoms with E-state index in [9.17, 15) is 0 Å². The fourth-order valence-electron chi connectivity index (χ4n) is 9.24. The third-order valence-corrected chi connectivity index (χ3v) is 14.7. The molecule has 2 aromatic heterocycles. The molecule has 0 unspecified atom stereocenters. The zero-order valence-corrected chi connectivity index (χ0v) is 36.1. The standard InChI is InChI=1S/C54H45BN2S2/c1-31-25-48(32-13-9-8-10-14-32)59-50-30-46-43(27-39(31)50)55-51-37(40-26-34(54(5,6)7)19-24-44(40)56-35-20-17-33(18-21-35)53(2,3)4)22-23-38-41-29-49-42(28-45(41)57(46)52(38)51)36-15-11-12-16-47(36)58-49/h8-30,55-56H,1H2,2-7H3. The predicted octanol–water partition coefficient (Wildman–Crippen LogP) is 14.0. The average Bonchev–Trinajstić information content (AvgIpc) is 3.75. The van der Waals surface area contributed by atoms with E-state index in [1.807, 2.05) is 23.1 Å². The highest BCUT2D eigenvalue weighted by Crippen LogP contribution is 2.47. The summed E-state index contributed by atoms with van der Waals surface area (Å²) < 4.78 is 5.27. The van der Waals surface area contributed by atoms with E-state index in [1.165, 1.54) is 102 Å². The van der Waals surface area contributed by atoms with Crippen molar-refractivity contribution in [2.45, 2.75) is 57.3 Å². The van der Waals surface area contributed by atoms with E-state index in [4.69, 9.17) is 0 Å². The number of fused-ring (bicyclic) bond motifs is 9. The summed E-state index contributed by atoms with van der Waals surface area (Å²) in [4.78, 5) is 2.50. The molecule has 0 amide bonds. The highest BCUT2D eigenvalue weighted by Gasteiger charge is 2.30. The van der Waals surface area contributed by atoms with Gasteiger partial charge < -0.3 is 9.88 Å². The number of aromatic nitrogens is 1. The fraction of sp³-hybridized carbons (Fsp3) is 0.148. The van der Waals surface area contributed by atoms with Gasteiger partial charge in [0.2, 0.25) is 0 Å². The van der Waals surface area contributed by atoms with Crippen molar-refractivity contribution >= 4 is 105 Å². The fourth-order valence-corrected chi connectivity index (χ4v) is 11.5. The van der Waals surface area contributed by atoms with Crippen LogP contribution in [-0.4, -0.2) is 11.8 Å². The van der Waals surface area contributed by atoms with Crippen molar-refractivity contribution in [3.05, 3.63) is 168 Å². The van der Waals surface area contributed by atoms with Gasteiger partial charge in [-0.1, -0.05) is 150 Å². The van der Waals surface area contributed by atoms with E-state index in [2.05, 4.69) is 198 Å². The van der Waals surface area contributed by atoms with Crippen molar-refractivity contribution in [3.8, 4) is 16.8 Å². The molecule has 2 aliphatic rings. The number of nitrogens with zero attached hydrogens (tertiary/aromatic N) is 1. The van der Waals surface area contributed by atoms with Crippen molar-refractivity contribution in [2.24, 2.45) is 0 Å². The number of nitrogens with one attached hydrogen (secondary N) is 1. The minimum atomic E-state index is -0.0117. The molecule has 2 nitrogen and oxygen atoms in total. The molecule has 11 rings (SSSR count). The highest BCUT2D eigenvalue weighted by atomic mass is 32.2. The third-order valence-electron chi connectivity index (χ3n) is 12.5. The summed E-state index contributed by atoms with van der Waals surface area (Å²) in [6, 6.07) is 50.2. The molecule has 0 saturated carbocycles. The van der Waals surface area contributed by atoms with Gasteiger partial charge in [-0.05, 0) is 104 Å². The molecule has 0 fully saturated rings. The van der Waals surface area contributed by atoms with Gasteiger partial charge in [0, 0.05) is 68.9 Å². The van der Waals surface area contributed by atoms with Crippen LogP contribution in [0.5, 0.6) is 0 Å². The maximum Gasteiger partial charge on any atom is 0.198 e. The number of thioether (sulfide) groups is 1. The molecule has 4 heterocycles. The first-order valence-electron chi connectivity index (χ1n) is 20.6. The topological polar surface area (TPSA) is 17.0 Å². The zero-order valence-electron chi connectivity index (χ0n) is 34.5. The molecule has 0 aliphatic carbocycles. The van der Waals surface area contributed by atoms with Crippen LogP contribution in [0, 0.1) is 0 Å². The van der Waals surface area contributed by atoms with Crippen molar-refractivity contribution in [3.63, 3.8) is 0 Å². The van der Waals surface area contributed by atoms with Crippen LogP contribution in [0.15, 0.2) is 151 Å². The van der Waals surface area contributed by atoms with Gasteiger partial charge in [0.25, 0.3) is 0 Å². The van der Waals surface area contributed by atoms with Crippen molar-refractivity contribution in [1.29, 1.82) is 0 Å². The molecule has 9 aromatic rings. The molecule has 2 aliphatic heterocycles. The Kier molecular flexibility index (Phi) is 8.09. The second-order valence-corrected chi connectivity index (χ2v) is 20.6. The number of hydrogen-bond acceptors (Lipinski definition) is 3. The van der Waals surface area contributed by atoms with Gasteiger partial charge in [-0.2, -0.15) is 0 Å². The second-order valence-electron chi connectivity index (χ2n) is 18.4. The Balaban J connectivity index is 1.16. The minimum Gasteiger partial charge on any atom is -0.355 e. The molecule has 0 spiro atoms. The summed E-state index contributed by atoms with van der Waals surface area (Å²) in [6.45, 7) is 18.4. The molecule has 286 valence electrons. The van der Waals surface area contributed by atoms with E-state index in [0.29, 0.717) is 0 Å². The molecule has 0 radical (unpaired) electrons. The van der Waals surface area contributed by atoms with Gasteiger partial charge in [-0.25, -0.2) is 0 Å². The maximum absolute atomic E-state index is 4.62. The Morgan fingerprint density at radius 1 is 0.610 bits per heavy atom. The Labute approximate surface area is 355 Å². The van der Waals surface area contributed by atoms with Gasteiger partial charge >= 0.3 is 0 Å². The normalized spacial score (nSPS) is 13.8. The summed E-state index contributed by atoms with van der Waals surface area (Å²) in [6.07, 6.45) is 2.27. The zero-order chi connectivity index (χ0) is 40.4.